The maximum atomic E-state index is 11.9. The van der Waals surface area contributed by atoms with E-state index in [4.69, 9.17) is 11.6 Å². The van der Waals surface area contributed by atoms with Crippen LogP contribution in [0.5, 0.6) is 0 Å². The van der Waals surface area contributed by atoms with E-state index in [2.05, 4.69) is 10.9 Å². The monoisotopic (exact) mass is 370 g/mol. The molecule has 25 heavy (non-hydrogen) atoms. The van der Waals surface area contributed by atoms with E-state index in [1.54, 1.807) is 18.2 Å². The van der Waals surface area contributed by atoms with Crippen LogP contribution in [-0.2, 0) is 4.79 Å². The summed E-state index contributed by atoms with van der Waals surface area (Å²) < 4.78 is 0. The lowest BCUT2D eigenvalue weighted by atomic mass is 10.1. The Morgan fingerprint density at radius 1 is 0.880 bits per heavy atom. The molecule has 0 heterocycles. The number of amides is 2. The van der Waals surface area contributed by atoms with Gasteiger partial charge in [0, 0.05) is 15.5 Å². The second-order valence-electron chi connectivity index (χ2n) is 5.31. The molecule has 0 saturated heterocycles. The zero-order valence-electron chi connectivity index (χ0n) is 13.2. The van der Waals surface area contributed by atoms with E-state index in [9.17, 15) is 9.59 Å². The van der Waals surface area contributed by atoms with Gasteiger partial charge in [0.25, 0.3) is 5.91 Å². The molecule has 3 aromatic rings. The first-order valence-corrected chi connectivity index (χ1v) is 8.94. The van der Waals surface area contributed by atoms with Crippen molar-refractivity contribution in [3.05, 3.63) is 77.3 Å². The van der Waals surface area contributed by atoms with Crippen molar-refractivity contribution >= 4 is 45.9 Å². The third kappa shape index (κ3) is 4.75. The average molecular weight is 371 g/mol. The predicted octanol–water partition coefficient (Wildman–Crippen LogP) is 4.05. The summed E-state index contributed by atoms with van der Waals surface area (Å²) in [6.45, 7) is 0. The number of thioether (sulfide) groups is 1. The van der Waals surface area contributed by atoms with Crippen molar-refractivity contribution in [2.45, 2.75) is 4.90 Å². The highest BCUT2D eigenvalue weighted by atomic mass is 35.5. The van der Waals surface area contributed by atoms with E-state index in [0.717, 1.165) is 15.7 Å². The summed E-state index contributed by atoms with van der Waals surface area (Å²) in [4.78, 5) is 24.8. The van der Waals surface area contributed by atoms with Gasteiger partial charge in [0.1, 0.15) is 0 Å². The molecule has 3 rings (SSSR count). The number of carbonyl (C=O) groups is 2. The van der Waals surface area contributed by atoms with Crippen LogP contribution in [0.25, 0.3) is 10.8 Å². The Hall–Kier alpha value is -2.50. The van der Waals surface area contributed by atoms with Crippen molar-refractivity contribution in [1.29, 1.82) is 0 Å². The van der Waals surface area contributed by atoms with Crippen LogP contribution >= 0.6 is 23.4 Å². The van der Waals surface area contributed by atoms with Crippen molar-refractivity contribution in [1.82, 2.24) is 10.9 Å². The van der Waals surface area contributed by atoms with Gasteiger partial charge < -0.3 is 0 Å². The minimum absolute atomic E-state index is 0.203. The highest BCUT2D eigenvalue weighted by Gasteiger charge is 2.08. The number of hydrogen-bond acceptors (Lipinski definition) is 3. The molecule has 0 unspecified atom stereocenters. The van der Waals surface area contributed by atoms with Crippen molar-refractivity contribution < 1.29 is 9.59 Å². The largest absolute Gasteiger partial charge is 0.272 e. The SMILES string of the molecule is O=C(CSc1ccc2ccccc2c1)NNC(=O)c1cccc(Cl)c1. The highest BCUT2D eigenvalue weighted by molar-refractivity contribution is 8.00. The molecular formula is C19H15ClN2O2S. The van der Waals surface area contributed by atoms with Crippen LogP contribution in [0.15, 0.2) is 71.6 Å². The zero-order valence-corrected chi connectivity index (χ0v) is 14.7. The molecule has 0 atom stereocenters. The normalized spacial score (nSPS) is 10.4. The van der Waals surface area contributed by atoms with Crippen molar-refractivity contribution in [3.8, 4) is 0 Å². The van der Waals surface area contributed by atoms with E-state index >= 15 is 0 Å². The van der Waals surface area contributed by atoms with Crippen LogP contribution in [-0.4, -0.2) is 17.6 Å². The average Bonchev–Trinajstić information content (AvgIpc) is 2.64. The van der Waals surface area contributed by atoms with Gasteiger partial charge in [0.15, 0.2) is 0 Å². The third-order valence-electron chi connectivity index (χ3n) is 3.49. The molecule has 2 amide bonds. The number of benzene rings is 3. The van der Waals surface area contributed by atoms with Crippen LogP contribution < -0.4 is 10.9 Å². The second kappa shape index (κ2) is 8.05. The lowest BCUT2D eigenvalue weighted by Crippen LogP contribution is -2.42. The van der Waals surface area contributed by atoms with E-state index in [-0.39, 0.29) is 11.7 Å². The van der Waals surface area contributed by atoms with Gasteiger partial charge in [-0.15, -0.1) is 11.8 Å². The van der Waals surface area contributed by atoms with Gasteiger partial charge in [-0.25, -0.2) is 0 Å². The molecule has 2 N–H and O–H groups in total. The number of rotatable bonds is 4. The van der Waals surface area contributed by atoms with Crippen LogP contribution in [0.2, 0.25) is 5.02 Å². The lowest BCUT2D eigenvalue weighted by molar-refractivity contribution is -0.119. The van der Waals surface area contributed by atoms with Crippen LogP contribution in [0.3, 0.4) is 0 Å². The molecule has 0 aromatic heterocycles. The molecule has 0 saturated carbocycles. The van der Waals surface area contributed by atoms with Crippen LogP contribution in [0, 0.1) is 0 Å². The Labute approximate surface area is 154 Å². The second-order valence-corrected chi connectivity index (χ2v) is 6.80. The smallest absolute Gasteiger partial charge is 0.269 e. The predicted molar refractivity (Wildman–Crippen MR) is 102 cm³/mol. The minimum Gasteiger partial charge on any atom is -0.272 e. The lowest BCUT2D eigenvalue weighted by Gasteiger charge is -2.08. The Kier molecular flexibility index (Phi) is 5.58. The van der Waals surface area contributed by atoms with E-state index in [0.29, 0.717) is 10.6 Å². The minimum atomic E-state index is -0.411. The maximum absolute atomic E-state index is 11.9. The summed E-state index contributed by atoms with van der Waals surface area (Å²) in [5, 5.41) is 2.75. The van der Waals surface area contributed by atoms with Gasteiger partial charge in [0.05, 0.1) is 5.75 Å². The first-order chi connectivity index (χ1) is 12.1. The number of hydrogen-bond donors (Lipinski definition) is 2. The van der Waals surface area contributed by atoms with Crippen molar-refractivity contribution in [3.63, 3.8) is 0 Å². The summed E-state index contributed by atoms with van der Waals surface area (Å²) >= 11 is 7.25. The fourth-order valence-corrected chi connectivity index (χ4v) is 3.21. The summed E-state index contributed by atoms with van der Waals surface area (Å²) in [5.74, 6) is -0.492. The van der Waals surface area contributed by atoms with E-state index < -0.39 is 5.91 Å². The number of carbonyl (C=O) groups excluding carboxylic acids is 2. The molecule has 0 aliphatic heterocycles. The molecule has 4 nitrogen and oxygen atoms in total. The molecule has 3 aromatic carbocycles. The van der Waals surface area contributed by atoms with Gasteiger partial charge >= 0.3 is 0 Å². The van der Waals surface area contributed by atoms with Crippen molar-refractivity contribution in [2.75, 3.05) is 5.75 Å². The first-order valence-electron chi connectivity index (χ1n) is 7.58. The fourth-order valence-electron chi connectivity index (χ4n) is 2.27. The summed E-state index contributed by atoms with van der Waals surface area (Å²) in [6, 6.07) is 20.6. The molecule has 0 radical (unpaired) electrons. The standard InChI is InChI=1S/C19H15ClN2O2S/c20-16-7-3-6-15(10-16)19(24)22-21-18(23)12-25-17-9-8-13-4-1-2-5-14(13)11-17/h1-11H,12H2,(H,21,23)(H,22,24). The quantitative estimate of drug-likeness (QED) is 0.538. The molecule has 0 spiro atoms. The molecule has 6 heteroatoms. The Morgan fingerprint density at radius 3 is 2.48 bits per heavy atom. The summed E-state index contributed by atoms with van der Waals surface area (Å²) in [5.41, 5.74) is 5.17. The number of halogens is 1. The summed E-state index contributed by atoms with van der Waals surface area (Å²) in [6.07, 6.45) is 0. The zero-order chi connectivity index (χ0) is 17.6. The first kappa shape index (κ1) is 17.3. The third-order valence-corrected chi connectivity index (χ3v) is 4.72. The van der Waals surface area contributed by atoms with Gasteiger partial charge in [-0.05, 0) is 41.1 Å². The van der Waals surface area contributed by atoms with E-state index in [1.165, 1.54) is 17.8 Å². The van der Waals surface area contributed by atoms with E-state index in [1.807, 2.05) is 42.5 Å². The van der Waals surface area contributed by atoms with Gasteiger partial charge in [-0.1, -0.05) is 48.0 Å². The number of fused-ring (bicyclic) bond motifs is 1. The molecule has 0 aliphatic carbocycles. The number of hydrazine groups is 1. The maximum Gasteiger partial charge on any atom is 0.269 e. The highest BCUT2D eigenvalue weighted by Crippen LogP contribution is 2.23. The van der Waals surface area contributed by atoms with Gasteiger partial charge in [-0.3, -0.25) is 20.4 Å². The number of nitrogens with one attached hydrogen (secondary N) is 2. The summed E-state index contributed by atoms with van der Waals surface area (Å²) in [7, 11) is 0. The van der Waals surface area contributed by atoms with Gasteiger partial charge in [-0.2, -0.15) is 0 Å². The Bertz CT molecular complexity index is 930. The van der Waals surface area contributed by atoms with Crippen molar-refractivity contribution in [2.24, 2.45) is 0 Å². The molecule has 0 aliphatic rings. The Balaban J connectivity index is 1.51. The molecule has 126 valence electrons. The van der Waals surface area contributed by atoms with Crippen LogP contribution in [0.1, 0.15) is 10.4 Å². The molecule has 0 fully saturated rings. The molecule has 0 bridgehead atoms. The Morgan fingerprint density at radius 2 is 1.68 bits per heavy atom. The molecular weight excluding hydrogens is 356 g/mol. The topological polar surface area (TPSA) is 58.2 Å². The fraction of sp³-hybridized carbons (Fsp3) is 0.0526. The van der Waals surface area contributed by atoms with Crippen LogP contribution in [0.4, 0.5) is 0 Å². The van der Waals surface area contributed by atoms with Gasteiger partial charge in [0.2, 0.25) is 5.91 Å².